The average molecular weight is 359 g/mol. The normalized spacial score (nSPS) is 10.5. The molecule has 2 N–H and O–H groups in total. The molecule has 2 rings (SSSR count). The molecule has 2 heterocycles. The molecule has 2 amide bonds. The van der Waals surface area contributed by atoms with E-state index in [0.29, 0.717) is 22.8 Å². The third-order valence-corrected chi connectivity index (χ3v) is 5.10. The number of halogens is 1. The molecular formula is C14H15ClN2O3S2. The number of rotatable bonds is 5. The van der Waals surface area contributed by atoms with E-state index in [0.717, 1.165) is 9.21 Å². The number of thioether (sulfide) groups is 1. The molecule has 5 nitrogen and oxygen atoms in total. The SMILES string of the molecule is Cc1cc(C(=O)NNC(=O)CSCc2ccc(Cl)s2)c(C)o1. The van der Waals surface area contributed by atoms with Crippen LogP contribution in [0.15, 0.2) is 22.6 Å². The van der Waals surface area contributed by atoms with Crippen LogP contribution in [0.2, 0.25) is 4.34 Å². The van der Waals surface area contributed by atoms with E-state index < -0.39 is 5.91 Å². The van der Waals surface area contributed by atoms with Gasteiger partial charge in [0.1, 0.15) is 11.5 Å². The number of nitrogens with one attached hydrogen (secondary N) is 2. The van der Waals surface area contributed by atoms with Crippen LogP contribution in [0.1, 0.15) is 26.8 Å². The molecule has 0 fully saturated rings. The maximum atomic E-state index is 11.9. The van der Waals surface area contributed by atoms with Gasteiger partial charge in [0.05, 0.1) is 15.7 Å². The van der Waals surface area contributed by atoms with Gasteiger partial charge in [-0.2, -0.15) is 0 Å². The summed E-state index contributed by atoms with van der Waals surface area (Å²) in [5.41, 5.74) is 5.18. The van der Waals surface area contributed by atoms with Crippen LogP contribution in [-0.4, -0.2) is 17.6 Å². The van der Waals surface area contributed by atoms with Gasteiger partial charge in [0.2, 0.25) is 5.91 Å². The first-order valence-electron chi connectivity index (χ1n) is 6.44. The van der Waals surface area contributed by atoms with Gasteiger partial charge in [0, 0.05) is 10.6 Å². The van der Waals surface area contributed by atoms with E-state index >= 15 is 0 Å². The standard InChI is InChI=1S/C14H15ClN2O3S2/c1-8-5-11(9(2)20-8)14(19)17-16-13(18)7-21-6-10-3-4-12(15)22-10/h3-5H,6-7H2,1-2H3,(H,16,18)(H,17,19). The van der Waals surface area contributed by atoms with Crippen molar-refractivity contribution in [1.29, 1.82) is 0 Å². The third-order valence-electron chi connectivity index (χ3n) is 2.71. The van der Waals surface area contributed by atoms with Crippen molar-refractivity contribution in [1.82, 2.24) is 10.9 Å². The molecule has 0 aliphatic heterocycles. The molecule has 118 valence electrons. The van der Waals surface area contributed by atoms with E-state index in [1.165, 1.54) is 23.1 Å². The van der Waals surface area contributed by atoms with Crippen molar-refractivity contribution in [3.8, 4) is 0 Å². The molecule has 0 atom stereocenters. The second-order valence-electron chi connectivity index (χ2n) is 4.53. The lowest BCUT2D eigenvalue weighted by Crippen LogP contribution is -2.42. The molecule has 0 unspecified atom stereocenters. The van der Waals surface area contributed by atoms with Crippen molar-refractivity contribution < 1.29 is 14.0 Å². The summed E-state index contributed by atoms with van der Waals surface area (Å²) >= 11 is 8.78. The van der Waals surface area contributed by atoms with Crippen molar-refractivity contribution in [2.45, 2.75) is 19.6 Å². The van der Waals surface area contributed by atoms with Crippen LogP contribution in [0, 0.1) is 13.8 Å². The summed E-state index contributed by atoms with van der Waals surface area (Å²) in [6.07, 6.45) is 0. The molecular weight excluding hydrogens is 344 g/mol. The Morgan fingerprint density at radius 1 is 1.32 bits per heavy atom. The van der Waals surface area contributed by atoms with Gasteiger partial charge in [0.15, 0.2) is 0 Å². The zero-order valence-corrected chi connectivity index (χ0v) is 14.5. The van der Waals surface area contributed by atoms with E-state index in [1.54, 1.807) is 19.9 Å². The summed E-state index contributed by atoms with van der Waals surface area (Å²) in [6.45, 7) is 3.46. The fourth-order valence-corrected chi connectivity index (χ4v) is 3.79. The van der Waals surface area contributed by atoms with E-state index in [-0.39, 0.29) is 11.7 Å². The fraction of sp³-hybridized carbons (Fsp3) is 0.286. The highest BCUT2D eigenvalue weighted by Crippen LogP contribution is 2.24. The third kappa shape index (κ3) is 4.79. The molecule has 0 radical (unpaired) electrons. The van der Waals surface area contributed by atoms with Crippen LogP contribution in [0.4, 0.5) is 0 Å². The van der Waals surface area contributed by atoms with Crippen LogP contribution < -0.4 is 10.9 Å². The van der Waals surface area contributed by atoms with E-state index in [1.807, 2.05) is 12.1 Å². The zero-order valence-electron chi connectivity index (χ0n) is 12.1. The van der Waals surface area contributed by atoms with Crippen LogP contribution >= 0.6 is 34.7 Å². The second-order valence-corrected chi connectivity index (χ2v) is 7.31. The molecule has 0 aromatic carbocycles. The Morgan fingerprint density at radius 3 is 2.68 bits per heavy atom. The number of aryl methyl sites for hydroxylation is 2. The van der Waals surface area contributed by atoms with Crippen LogP contribution in [0.5, 0.6) is 0 Å². The Balaban J connectivity index is 1.71. The molecule has 2 aromatic rings. The number of furan rings is 1. The number of hydrogen-bond donors (Lipinski definition) is 2. The Labute approximate surface area is 141 Å². The lowest BCUT2D eigenvalue weighted by molar-refractivity contribution is -0.119. The van der Waals surface area contributed by atoms with Gasteiger partial charge in [-0.25, -0.2) is 0 Å². The van der Waals surface area contributed by atoms with Gasteiger partial charge in [-0.1, -0.05) is 11.6 Å². The van der Waals surface area contributed by atoms with Crippen molar-refractivity contribution in [2.75, 3.05) is 5.75 Å². The average Bonchev–Trinajstić information content (AvgIpc) is 3.01. The van der Waals surface area contributed by atoms with Gasteiger partial charge >= 0.3 is 0 Å². The smallest absolute Gasteiger partial charge is 0.273 e. The van der Waals surface area contributed by atoms with Crippen molar-refractivity contribution >= 4 is 46.5 Å². The van der Waals surface area contributed by atoms with Gasteiger partial charge < -0.3 is 4.42 Å². The summed E-state index contributed by atoms with van der Waals surface area (Å²) in [4.78, 5) is 24.7. The Morgan fingerprint density at radius 2 is 2.09 bits per heavy atom. The molecule has 0 bridgehead atoms. The van der Waals surface area contributed by atoms with Crippen molar-refractivity contribution in [2.24, 2.45) is 0 Å². The Hall–Kier alpha value is -1.44. The second kappa shape index (κ2) is 7.71. The van der Waals surface area contributed by atoms with E-state index in [2.05, 4.69) is 10.9 Å². The van der Waals surface area contributed by atoms with E-state index in [9.17, 15) is 9.59 Å². The van der Waals surface area contributed by atoms with Gasteiger partial charge in [-0.05, 0) is 32.0 Å². The first kappa shape index (κ1) is 16.9. The van der Waals surface area contributed by atoms with Gasteiger partial charge in [0.25, 0.3) is 5.91 Å². The number of carbonyl (C=O) groups is 2. The quantitative estimate of drug-likeness (QED) is 0.804. The molecule has 0 spiro atoms. The molecule has 8 heteroatoms. The van der Waals surface area contributed by atoms with Gasteiger partial charge in [-0.3, -0.25) is 20.4 Å². The van der Waals surface area contributed by atoms with Crippen molar-refractivity contribution in [3.05, 3.63) is 44.5 Å². The predicted molar refractivity (Wildman–Crippen MR) is 89.3 cm³/mol. The minimum atomic E-state index is -0.391. The number of amides is 2. The zero-order chi connectivity index (χ0) is 16.1. The van der Waals surface area contributed by atoms with E-state index in [4.69, 9.17) is 16.0 Å². The highest BCUT2D eigenvalue weighted by Gasteiger charge is 2.14. The minimum Gasteiger partial charge on any atom is -0.466 e. The first-order chi connectivity index (χ1) is 10.5. The molecule has 0 saturated heterocycles. The summed E-state index contributed by atoms with van der Waals surface area (Å²) < 4.78 is 6.01. The predicted octanol–water partition coefficient (Wildman–Crippen LogP) is 3.31. The molecule has 0 aliphatic rings. The summed E-state index contributed by atoms with van der Waals surface area (Å²) in [5.74, 6) is 1.47. The first-order valence-corrected chi connectivity index (χ1v) is 8.79. The summed E-state index contributed by atoms with van der Waals surface area (Å²) in [6, 6.07) is 5.40. The molecule has 2 aromatic heterocycles. The Kier molecular flexibility index (Phi) is 5.93. The van der Waals surface area contributed by atoms with Gasteiger partial charge in [-0.15, -0.1) is 23.1 Å². The maximum absolute atomic E-state index is 11.9. The summed E-state index contributed by atoms with van der Waals surface area (Å²) in [5, 5.41) is 0. The Bertz CT molecular complexity index is 681. The molecule has 0 saturated carbocycles. The monoisotopic (exact) mass is 358 g/mol. The number of carbonyl (C=O) groups excluding carboxylic acids is 2. The summed E-state index contributed by atoms with van der Waals surface area (Å²) in [7, 11) is 0. The largest absolute Gasteiger partial charge is 0.466 e. The minimum absolute atomic E-state index is 0.249. The maximum Gasteiger partial charge on any atom is 0.273 e. The number of hydrogen-bond acceptors (Lipinski definition) is 5. The number of thiophene rings is 1. The highest BCUT2D eigenvalue weighted by atomic mass is 35.5. The highest BCUT2D eigenvalue weighted by molar-refractivity contribution is 7.99. The van der Waals surface area contributed by atoms with Crippen molar-refractivity contribution in [3.63, 3.8) is 0 Å². The lowest BCUT2D eigenvalue weighted by atomic mass is 10.2. The molecule has 22 heavy (non-hydrogen) atoms. The topological polar surface area (TPSA) is 71.3 Å². The fourth-order valence-electron chi connectivity index (χ4n) is 1.76. The van der Waals surface area contributed by atoms with Crippen LogP contribution in [-0.2, 0) is 10.5 Å². The van der Waals surface area contributed by atoms with Crippen LogP contribution in [0.3, 0.4) is 0 Å². The lowest BCUT2D eigenvalue weighted by Gasteiger charge is -2.06. The number of hydrazine groups is 1. The van der Waals surface area contributed by atoms with Crippen LogP contribution in [0.25, 0.3) is 0 Å². The molecule has 0 aliphatic carbocycles.